The largest absolute Gasteiger partial charge is 1.00 e. The van der Waals surface area contributed by atoms with Crippen molar-refractivity contribution in [2.75, 3.05) is 19.9 Å². The fraction of sp³-hybridized carbons (Fsp3) is 0.538. The highest BCUT2D eigenvalue weighted by Crippen LogP contribution is 2.32. The Bertz CT molecular complexity index is 406. The number of benzene rings is 1. The van der Waals surface area contributed by atoms with Crippen LogP contribution in [0.3, 0.4) is 0 Å². The van der Waals surface area contributed by atoms with Crippen LogP contribution in [0, 0.1) is 0 Å². The summed E-state index contributed by atoms with van der Waals surface area (Å²) in [6, 6.07) is 6.87. The van der Waals surface area contributed by atoms with Crippen LogP contribution in [0.1, 0.15) is 18.4 Å². The van der Waals surface area contributed by atoms with Crippen molar-refractivity contribution < 1.29 is 27.6 Å². The predicted molar refractivity (Wildman–Crippen MR) is 63.8 cm³/mol. The summed E-state index contributed by atoms with van der Waals surface area (Å²) in [6.07, 6.45) is 2.43. The molecule has 0 saturated carbocycles. The highest BCUT2D eigenvalue weighted by molar-refractivity contribution is 5.44. The van der Waals surface area contributed by atoms with Gasteiger partial charge in [-0.05, 0) is 17.7 Å². The molecule has 0 aromatic heterocycles. The van der Waals surface area contributed by atoms with Gasteiger partial charge in [-0.3, -0.25) is 4.90 Å². The van der Waals surface area contributed by atoms with E-state index in [2.05, 4.69) is 22.8 Å². The number of hydrogen-bond acceptors (Lipinski definition) is 3. The SMILES string of the molecule is [Cl-].[NH3+]C1CCN(Cc2ccc3c(c2)OCO3)CC1. The number of hydrogen-bond donors (Lipinski definition) is 1. The molecule has 0 bridgehead atoms. The summed E-state index contributed by atoms with van der Waals surface area (Å²) in [5.74, 6) is 1.75. The van der Waals surface area contributed by atoms with Gasteiger partial charge in [-0.2, -0.15) is 0 Å². The summed E-state index contributed by atoms with van der Waals surface area (Å²) in [4.78, 5) is 2.49. The number of likely N-dealkylation sites (tertiary alicyclic amines) is 1. The van der Waals surface area contributed by atoms with Crippen LogP contribution in [0.5, 0.6) is 11.5 Å². The number of fused-ring (bicyclic) bond motifs is 1. The van der Waals surface area contributed by atoms with E-state index in [9.17, 15) is 0 Å². The lowest BCUT2D eigenvalue weighted by molar-refractivity contribution is -0.426. The smallest absolute Gasteiger partial charge is 0.231 e. The molecule has 18 heavy (non-hydrogen) atoms. The van der Waals surface area contributed by atoms with Crippen molar-refractivity contribution in [3.05, 3.63) is 23.8 Å². The van der Waals surface area contributed by atoms with Crippen LogP contribution in [0.15, 0.2) is 18.2 Å². The van der Waals surface area contributed by atoms with Gasteiger partial charge in [0.25, 0.3) is 0 Å². The standard InChI is InChI=1S/C13H18N2O2.ClH/c14-11-3-5-15(6-4-11)8-10-1-2-12-13(7-10)17-9-16-12;/h1-2,7,11H,3-6,8-9,14H2;1H. The number of nitrogens with zero attached hydrogens (tertiary/aromatic N) is 1. The van der Waals surface area contributed by atoms with Gasteiger partial charge in [0, 0.05) is 32.5 Å². The molecule has 1 fully saturated rings. The van der Waals surface area contributed by atoms with E-state index in [-0.39, 0.29) is 12.4 Å². The first-order valence-electron chi connectivity index (χ1n) is 6.25. The molecule has 2 aliphatic rings. The van der Waals surface area contributed by atoms with Crippen molar-refractivity contribution in [2.45, 2.75) is 25.4 Å². The zero-order valence-electron chi connectivity index (χ0n) is 10.4. The van der Waals surface area contributed by atoms with Gasteiger partial charge in [0.15, 0.2) is 11.5 Å². The Balaban J connectivity index is 0.00000120. The van der Waals surface area contributed by atoms with E-state index in [1.54, 1.807) is 0 Å². The third-order valence-corrected chi connectivity index (χ3v) is 3.55. The minimum absolute atomic E-state index is 0. The minimum atomic E-state index is 0. The molecule has 2 aliphatic heterocycles. The van der Waals surface area contributed by atoms with Gasteiger partial charge in [-0.15, -0.1) is 0 Å². The van der Waals surface area contributed by atoms with Crippen LogP contribution in [-0.2, 0) is 6.54 Å². The third kappa shape index (κ3) is 2.88. The average Bonchev–Trinajstić information content (AvgIpc) is 2.79. The van der Waals surface area contributed by atoms with Crippen molar-refractivity contribution in [1.29, 1.82) is 0 Å². The van der Waals surface area contributed by atoms with Gasteiger partial charge in [0.1, 0.15) is 0 Å². The van der Waals surface area contributed by atoms with E-state index in [0.717, 1.165) is 31.1 Å². The Morgan fingerprint density at radius 3 is 2.67 bits per heavy atom. The molecule has 0 atom stereocenters. The Morgan fingerprint density at radius 1 is 1.17 bits per heavy atom. The monoisotopic (exact) mass is 270 g/mol. The van der Waals surface area contributed by atoms with Gasteiger partial charge in [0.2, 0.25) is 6.79 Å². The minimum Gasteiger partial charge on any atom is -1.00 e. The van der Waals surface area contributed by atoms with Crippen LogP contribution in [0.4, 0.5) is 0 Å². The molecular formula is C13H19ClN2O2. The van der Waals surface area contributed by atoms with Crippen molar-refractivity contribution in [1.82, 2.24) is 4.90 Å². The summed E-state index contributed by atoms with van der Waals surface area (Å²) in [5.41, 5.74) is 5.43. The fourth-order valence-corrected chi connectivity index (χ4v) is 2.44. The number of quaternary nitrogens is 1. The maximum Gasteiger partial charge on any atom is 0.231 e. The first-order valence-corrected chi connectivity index (χ1v) is 6.25. The maximum absolute atomic E-state index is 5.39. The van der Waals surface area contributed by atoms with Crippen molar-refractivity contribution in [3.8, 4) is 11.5 Å². The van der Waals surface area contributed by atoms with Crippen molar-refractivity contribution in [3.63, 3.8) is 0 Å². The number of ether oxygens (including phenoxy) is 2. The Morgan fingerprint density at radius 2 is 1.89 bits per heavy atom. The van der Waals surface area contributed by atoms with Gasteiger partial charge >= 0.3 is 0 Å². The summed E-state index contributed by atoms with van der Waals surface area (Å²) in [5, 5.41) is 0. The molecule has 100 valence electrons. The fourth-order valence-electron chi connectivity index (χ4n) is 2.44. The van der Waals surface area contributed by atoms with Crippen molar-refractivity contribution in [2.24, 2.45) is 0 Å². The first kappa shape index (κ1) is 13.5. The number of halogens is 1. The lowest BCUT2D eigenvalue weighted by atomic mass is 10.1. The first-order chi connectivity index (χ1) is 8.31. The van der Waals surface area contributed by atoms with Crippen LogP contribution < -0.4 is 27.6 Å². The average molecular weight is 271 g/mol. The van der Waals surface area contributed by atoms with E-state index < -0.39 is 0 Å². The maximum atomic E-state index is 5.39. The van der Waals surface area contributed by atoms with Crippen LogP contribution in [-0.4, -0.2) is 30.8 Å². The Kier molecular flexibility index (Phi) is 4.32. The molecule has 1 saturated heterocycles. The predicted octanol–water partition coefficient (Wildman–Crippen LogP) is -2.37. The molecule has 3 N–H and O–H groups in total. The molecule has 4 nitrogen and oxygen atoms in total. The van der Waals surface area contributed by atoms with Gasteiger partial charge in [0.05, 0.1) is 6.04 Å². The van der Waals surface area contributed by atoms with Gasteiger partial charge < -0.3 is 27.6 Å². The lowest BCUT2D eigenvalue weighted by Crippen LogP contribution is -3.00. The molecule has 0 unspecified atom stereocenters. The highest BCUT2D eigenvalue weighted by atomic mass is 35.5. The molecule has 1 aromatic carbocycles. The van der Waals surface area contributed by atoms with E-state index >= 15 is 0 Å². The third-order valence-electron chi connectivity index (χ3n) is 3.55. The van der Waals surface area contributed by atoms with Crippen LogP contribution in [0.2, 0.25) is 0 Å². The second kappa shape index (κ2) is 5.78. The van der Waals surface area contributed by atoms with E-state index in [1.807, 2.05) is 6.07 Å². The molecule has 0 aliphatic carbocycles. The Labute approximate surface area is 113 Å². The summed E-state index contributed by atoms with van der Waals surface area (Å²) in [7, 11) is 0. The molecule has 5 heteroatoms. The normalized spacial score (nSPS) is 19.6. The number of rotatable bonds is 2. The molecule has 0 radical (unpaired) electrons. The van der Waals surface area contributed by atoms with E-state index in [1.165, 1.54) is 18.4 Å². The Hall–Kier alpha value is -0.970. The molecule has 0 amide bonds. The second-order valence-electron chi connectivity index (χ2n) is 4.91. The molecule has 2 heterocycles. The topological polar surface area (TPSA) is 49.3 Å². The van der Waals surface area contributed by atoms with E-state index in [0.29, 0.717) is 12.8 Å². The second-order valence-corrected chi connectivity index (χ2v) is 4.91. The van der Waals surface area contributed by atoms with Crippen LogP contribution in [0.25, 0.3) is 0 Å². The number of piperidine rings is 1. The zero-order chi connectivity index (χ0) is 11.7. The van der Waals surface area contributed by atoms with E-state index in [4.69, 9.17) is 9.47 Å². The zero-order valence-corrected chi connectivity index (χ0v) is 11.2. The summed E-state index contributed by atoms with van der Waals surface area (Å²) < 4.78 is 10.7. The highest BCUT2D eigenvalue weighted by Gasteiger charge is 2.19. The molecule has 3 rings (SSSR count). The molecule has 1 aromatic rings. The van der Waals surface area contributed by atoms with Gasteiger partial charge in [-0.25, -0.2) is 0 Å². The molecule has 0 spiro atoms. The van der Waals surface area contributed by atoms with Crippen molar-refractivity contribution >= 4 is 0 Å². The van der Waals surface area contributed by atoms with Gasteiger partial charge in [-0.1, -0.05) is 6.07 Å². The quantitative estimate of drug-likeness (QED) is 0.653. The lowest BCUT2D eigenvalue weighted by Gasteiger charge is -2.28. The summed E-state index contributed by atoms with van der Waals surface area (Å²) in [6.45, 7) is 3.67. The summed E-state index contributed by atoms with van der Waals surface area (Å²) >= 11 is 0. The molecular weight excluding hydrogens is 252 g/mol. The van der Waals surface area contributed by atoms with Crippen LogP contribution >= 0.6 is 0 Å².